The molecule has 0 saturated heterocycles. The van der Waals surface area contributed by atoms with Gasteiger partial charge in [-0.15, -0.1) is 0 Å². The normalized spacial score (nSPS) is 12.9. The summed E-state index contributed by atoms with van der Waals surface area (Å²) >= 11 is 0. The van der Waals surface area contributed by atoms with Crippen molar-refractivity contribution < 1.29 is 18.9 Å². The summed E-state index contributed by atoms with van der Waals surface area (Å²) in [5, 5.41) is 0. The molecule has 0 fully saturated rings. The predicted octanol–water partition coefficient (Wildman–Crippen LogP) is 1.91. The minimum Gasteiger partial charge on any atom is -0.404 e. The molecule has 2 N–H and O–H groups in total. The van der Waals surface area contributed by atoms with Crippen LogP contribution in [0.4, 0.5) is 0 Å². The molecule has 0 rings (SSSR count). The van der Waals surface area contributed by atoms with Crippen LogP contribution in [0.3, 0.4) is 0 Å². The summed E-state index contributed by atoms with van der Waals surface area (Å²) in [6, 6.07) is 0. The third-order valence-corrected chi connectivity index (χ3v) is 1.35. The Morgan fingerprint density at radius 1 is 1.31 bits per heavy atom. The number of hydrogen-bond acceptors (Lipinski definition) is 2. The van der Waals surface area contributed by atoms with Crippen molar-refractivity contribution >= 4 is 7.82 Å². The van der Waals surface area contributed by atoms with Gasteiger partial charge in [-0.1, -0.05) is 31.4 Å². The summed E-state index contributed by atoms with van der Waals surface area (Å²) < 4.78 is 14.7. The van der Waals surface area contributed by atoms with Gasteiger partial charge in [-0.05, 0) is 12.2 Å². The fourth-order valence-electron chi connectivity index (χ4n) is 0.533. The highest BCUT2D eigenvalue weighted by atomic mass is 31.2. The molecule has 0 amide bonds. The van der Waals surface area contributed by atoms with Crippen LogP contribution in [-0.2, 0) is 9.09 Å². The van der Waals surface area contributed by atoms with E-state index >= 15 is 0 Å². The van der Waals surface area contributed by atoms with Crippen LogP contribution in [0.2, 0.25) is 0 Å². The molecule has 13 heavy (non-hydrogen) atoms. The molecular weight excluding hydrogens is 191 g/mol. The molecule has 72 valence electrons. The van der Waals surface area contributed by atoms with E-state index < -0.39 is 7.82 Å². The van der Waals surface area contributed by atoms with Crippen LogP contribution in [0.1, 0.15) is 0 Å². The second kappa shape index (κ2) is 5.54. The molecule has 0 aromatic heterocycles. The Morgan fingerprint density at radius 3 is 2.31 bits per heavy atom. The van der Waals surface area contributed by atoms with Gasteiger partial charge in [-0.25, -0.2) is 4.57 Å². The Hall–Kier alpha value is -1.09. The lowest BCUT2D eigenvalue weighted by molar-refractivity contribution is 0.248. The fourth-order valence-corrected chi connectivity index (χ4v) is 0.929. The zero-order valence-electron chi connectivity index (χ0n) is 6.96. The lowest BCUT2D eigenvalue weighted by atomic mass is 10.4. The molecule has 0 bridgehead atoms. The van der Waals surface area contributed by atoms with Gasteiger partial charge in [0.1, 0.15) is 5.76 Å². The number of rotatable bonds is 5. The number of hydrogen-bond donors (Lipinski definition) is 2. The van der Waals surface area contributed by atoms with Gasteiger partial charge in [0.05, 0.1) is 0 Å². The molecule has 5 heteroatoms. The number of phosphoric acid groups is 1. The molecule has 0 aliphatic carbocycles. The van der Waals surface area contributed by atoms with Crippen LogP contribution in [0.25, 0.3) is 0 Å². The van der Waals surface area contributed by atoms with Crippen molar-refractivity contribution in [3.63, 3.8) is 0 Å². The Labute approximate surface area is 76.8 Å². The maximum Gasteiger partial charge on any atom is 0.524 e. The van der Waals surface area contributed by atoms with Crippen LogP contribution < -0.4 is 0 Å². The molecule has 0 unspecified atom stereocenters. The molecule has 4 nitrogen and oxygen atoms in total. The molecule has 0 aromatic rings. The maximum absolute atomic E-state index is 10.4. The van der Waals surface area contributed by atoms with E-state index in [1.54, 1.807) is 0 Å². The van der Waals surface area contributed by atoms with Crippen molar-refractivity contribution in [1.82, 2.24) is 0 Å². The molecule has 0 atom stereocenters. The minimum atomic E-state index is -4.49. The molecular formula is C8H11O4P. The largest absolute Gasteiger partial charge is 0.524 e. The van der Waals surface area contributed by atoms with Gasteiger partial charge in [0.2, 0.25) is 0 Å². The number of phosphoric ester groups is 1. The average Bonchev–Trinajstić information content (AvgIpc) is 1.98. The zero-order valence-corrected chi connectivity index (χ0v) is 7.85. The summed E-state index contributed by atoms with van der Waals surface area (Å²) in [5.74, 6) is 0.0308. The van der Waals surface area contributed by atoms with E-state index in [1.807, 2.05) is 0 Å². The van der Waals surface area contributed by atoms with Gasteiger partial charge < -0.3 is 4.52 Å². The first-order valence-electron chi connectivity index (χ1n) is 3.36. The van der Waals surface area contributed by atoms with E-state index in [1.165, 1.54) is 30.4 Å². The van der Waals surface area contributed by atoms with Gasteiger partial charge in [-0.2, -0.15) is 0 Å². The van der Waals surface area contributed by atoms with Crippen molar-refractivity contribution in [3.8, 4) is 0 Å². The number of allylic oxidation sites excluding steroid dienone is 5. The minimum absolute atomic E-state index is 0.0308. The first-order valence-corrected chi connectivity index (χ1v) is 4.89. The van der Waals surface area contributed by atoms with Crippen molar-refractivity contribution in [2.24, 2.45) is 0 Å². The van der Waals surface area contributed by atoms with Gasteiger partial charge in [-0.3, -0.25) is 9.79 Å². The molecule has 0 heterocycles. The van der Waals surface area contributed by atoms with Crippen molar-refractivity contribution in [3.05, 3.63) is 49.3 Å². The monoisotopic (exact) mass is 202 g/mol. The highest BCUT2D eigenvalue weighted by molar-refractivity contribution is 7.46. The fraction of sp³-hybridized carbons (Fsp3) is 0. The Kier molecular flexibility index (Phi) is 5.07. The van der Waals surface area contributed by atoms with E-state index in [4.69, 9.17) is 9.79 Å². The second-order valence-corrected chi connectivity index (χ2v) is 3.15. The summed E-state index contributed by atoms with van der Waals surface area (Å²) in [5.41, 5.74) is 0. The molecule has 0 aromatic carbocycles. The predicted molar refractivity (Wildman–Crippen MR) is 50.7 cm³/mol. The van der Waals surface area contributed by atoms with Crippen molar-refractivity contribution in [2.75, 3.05) is 0 Å². The summed E-state index contributed by atoms with van der Waals surface area (Å²) in [6.45, 7) is 6.77. The first kappa shape index (κ1) is 11.9. The Balaban J connectivity index is 4.54. The molecule has 0 spiro atoms. The van der Waals surface area contributed by atoms with Gasteiger partial charge >= 0.3 is 7.82 Å². The highest BCUT2D eigenvalue weighted by Crippen LogP contribution is 2.39. The Bertz CT molecular complexity index is 285. The SMILES string of the molecule is C=C/C=C\C(=C/C=C)OP(=O)(O)O. The standard InChI is InChI=1S/C8H11O4P/c1-3-5-7-8(6-4-2)12-13(9,10)11/h3-7H,1-2H2,(H2,9,10,11)/b7-5-,8-6+. The molecule has 0 saturated carbocycles. The van der Waals surface area contributed by atoms with E-state index in [-0.39, 0.29) is 5.76 Å². The average molecular weight is 202 g/mol. The third-order valence-electron chi connectivity index (χ3n) is 0.903. The van der Waals surface area contributed by atoms with E-state index in [0.717, 1.165) is 0 Å². The van der Waals surface area contributed by atoms with Crippen LogP contribution in [0.15, 0.2) is 49.3 Å². The van der Waals surface area contributed by atoms with Gasteiger partial charge in [0, 0.05) is 0 Å². The summed E-state index contributed by atoms with van der Waals surface area (Å²) in [6.07, 6.45) is 7.01. The molecule has 0 aliphatic heterocycles. The van der Waals surface area contributed by atoms with E-state index in [0.29, 0.717) is 0 Å². The van der Waals surface area contributed by atoms with Crippen molar-refractivity contribution in [1.29, 1.82) is 0 Å². The topological polar surface area (TPSA) is 66.8 Å². The lowest BCUT2D eigenvalue weighted by Gasteiger charge is -2.05. The lowest BCUT2D eigenvalue weighted by Crippen LogP contribution is -1.86. The molecule has 0 radical (unpaired) electrons. The highest BCUT2D eigenvalue weighted by Gasteiger charge is 2.15. The smallest absolute Gasteiger partial charge is 0.404 e. The third kappa shape index (κ3) is 7.28. The van der Waals surface area contributed by atoms with Crippen LogP contribution >= 0.6 is 7.82 Å². The van der Waals surface area contributed by atoms with Crippen LogP contribution in [0.5, 0.6) is 0 Å². The van der Waals surface area contributed by atoms with Gasteiger partial charge in [0.25, 0.3) is 0 Å². The maximum atomic E-state index is 10.4. The first-order chi connectivity index (χ1) is 5.99. The molecule has 0 aliphatic rings. The van der Waals surface area contributed by atoms with Crippen molar-refractivity contribution in [2.45, 2.75) is 0 Å². The van der Waals surface area contributed by atoms with E-state index in [2.05, 4.69) is 17.7 Å². The summed E-state index contributed by atoms with van der Waals surface area (Å²) in [7, 11) is -4.49. The van der Waals surface area contributed by atoms with E-state index in [9.17, 15) is 4.57 Å². The quantitative estimate of drug-likeness (QED) is 0.406. The summed E-state index contributed by atoms with van der Waals surface area (Å²) in [4.78, 5) is 16.9. The van der Waals surface area contributed by atoms with Crippen LogP contribution in [0, 0.1) is 0 Å². The Morgan fingerprint density at radius 2 is 1.92 bits per heavy atom. The second-order valence-electron chi connectivity index (χ2n) is 1.98. The van der Waals surface area contributed by atoms with Crippen LogP contribution in [-0.4, -0.2) is 9.79 Å². The van der Waals surface area contributed by atoms with Gasteiger partial charge in [0.15, 0.2) is 0 Å². The zero-order chi connectivity index (χ0) is 10.3.